The Hall–Kier alpha value is 0.390. The minimum Gasteiger partial charge on any atom is -0.388 e. The number of aliphatic hydroxyl groups excluding tert-OH is 1. The molecule has 0 fully saturated rings. The summed E-state index contributed by atoms with van der Waals surface area (Å²) in [5.41, 5.74) is 6.46. The van der Waals surface area contributed by atoms with Gasteiger partial charge in [0.25, 0.3) is 0 Å². The lowest BCUT2D eigenvalue weighted by Crippen LogP contribution is -2.16. The molecule has 0 aromatic heterocycles. The molecule has 3 heteroatoms. The number of hydrogen-bond donors (Lipinski definition) is 2. The molecule has 0 amide bonds. The molecule has 0 heterocycles. The van der Waals surface area contributed by atoms with E-state index in [0.717, 1.165) is 10.0 Å². The van der Waals surface area contributed by atoms with E-state index in [0.29, 0.717) is 0 Å². The van der Waals surface area contributed by atoms with Gasteiger partial charge in [0.2, 0.25) is 0 Å². The molecule has 0 radical (unpaired) electrons. The quantitative estimate of drug-likeness (QED) is 0.450. The van der Waals surface area contributed by atoms with Gasteiger partial charge < -0.3 is 10.8 Å². The van der Waals surface area contributed by atoms with Crippen molar-refractivity contribution in [2.24, 2.45) is 5.73 Å². The second kappa shape index (κ2) is 5.09. The summed E-state index contributed by atoms with van der Waals surface area (Å²) in [5.74, 6) is 0. The summed E-state index contributed by atoms with van der Waals surface area (Å²) in [6.07, 6.45) is 1.55. The Morgan fingerprint density at radius 3 is 2.60 bits per heavy atom. The Bertz CT molecular complexity index is 123. The summed E-state index contributed by atoms with van der Waals surface area (Å²) in [4.78, 5) is 0. The Morgan fingerprint density at radius 1 is 1.80 bits per heavy atom. The van der Waals surface area contributed by atoms with Gasteiger partial charge in [0.1, 0.15) is 0 Å². The molecule has 10 heavy (non-hydrogen) atoms. The molecular weight excluding hydrogens is 241 g/mol. The van der Waals surface area contributed by atoms with Gasteiger partial charge in [-0.25, -0.2) is 0 Å². The van der Waals surface area contributed by atoms with Crippen LogP contribution in [0.1, 0.15) is 13.8 Å². The van der Waals surface area contributed by atoms with Gasteiger partial charge in [-0.3, -0.25) is 0 Å². The highest BCUT2D eigenvalue weighted by atomic mass is 127. The Kier molecular flexibility index (Phi) is 5.29. The molecule has 0 saturated carbocycles. The average molecular weight is 255 g/mol. The van der Waals surface area contributed by atoms with E-state index in [2.05, 4.69) is 22.6 Å². The summed E-state index contributed by atoms with van der Waals surface area (Å²) in [5, 5.41) is 9.24. The number of alkyl halides is 1. The minimum atomic E-state index is -0.327. The number of hydrogen-bond acceptors (Lipinski definition) is 2. The number of rotatable bonds is 3. The summed E-state index contributed by atoms with van der Waals surface area (Å²) >= 11 is 2.14. The first-order chi connectivity index (χ1) is 4.57. The van der Waals surface area contributed by atoms with Crippen molar-refractivity contribution in [2.75, 3.05) is 4.43 Å². The lowest BCUT2D eigenvalue weighted by Gasteiger charge is -2.08. The lowest BCUT2D eigenvalue weighted by molar-refractivity contribution is 0.238. The maximum Gasteiger partial charge on any atom is 0.0837 e. The fraction of sp³-hybridized carbons (Fsp3) is 0.714. The van der Waals surface area contributed by atoms with Crippen molar-refractivity contribution in [3.63, 3.8) is 0 Å². The van der Waals surface area contributed by atoms with Gasteiger partial charge in [0.15, 0.2) is 0 Å². The summed E-state index contributed by atoms with van der Waals surface area (Å²) in [6, 6.07) is 0.0394. The monoisotopic (exact) mass is 255 g/mol. The van der Waals surface area contributed by atoms with Crippen LogP contribution < -0.4 is 5.73 Å². The predicted octanol–water partition coefficient (Wildman–Crippen LogP) is 1.08. The Labute approximate surface area is 75.6 Å². The third-order valence-corrected chi connectivity index (χ3v) is 2.03. The average Bonchev–Trinajstić information content (AvgIpc) is 1.85. The first-order valence-electron chi connectivity index (χ1n) is 3.26. The van der Waals surface area contributed by atoms with Gasteiger partial charge in [0.05, 0.1) is 6.10 Å². The van der Waals surface area contributed by atoms with Crippen molar-refractivity contribution in [2.45, 2.75) is 26.0 Å². The van der Waals surface area contributed by atoms with Crippen molar-refractivity contribution >= 4 is 22.6 Å². The molecule has 2 unspecified atom stereocenters. The number of halogens is 1. The second-order valence-electron chi connectivity index (χ2n) is 2.44. The third-order valence-electron chi connectivity index (χ3n) is 1.20. The van der Waals surface area contributed by atoms with Gasteiger partial charge in [-0.15, -0.1) is 0 Å². The van der Waals surface area contributed by atoms with Crippen LogP contribution in [0.3, 0.4) is 0 Å². The largest absolute Gasteiger partial charge is 0.388 e. The SMILES string of the molecule is C/C(=C/C(C)N)C(O)CI. The molecule has 2 nitrogen and oxygen atoms in total. The van der Waals surface area contributed by atoms with Crippen LogP contribution in [0.15, 0.2) is 11.6 Å². The molecule has 0 aromatic carbocycles. The minimum absolute atomic E-state index is 0.0394. The van der Waals surface area contributed by atoms with E-state index < -0.39 is 0 Å². The third kappa shape index (κ3) is 4.24. The van der Waals surface area contributed by atoms with Gasteiger partial charge in [-0.1, -0.05) is 28.7 Å². The molecule has 0 aliphatic carbocycles. The zero-order chi connectivity index (χ0) is 8.15. The van der Waals surface area contributed by atoms with Crippen molar-refractivity contribution in [3.8, 4) is 0 Å². The summed E-state index contributed by atoms with van der Waals surface area (Å²) < 4.78 is 0.729. The molecule has 0 aliphatic rings. The van der Waals surface area contributed by atoms with E-state index >= 15 is 0 Å². The van der Waals surface area contributed by atoms with E-state index in [1.165, 1.54) is 0 Å². The highest BCUT2D eigenvalue weighted by Gasteiger charge is 2.03. The smallest absolute Gasteiger partial charge is 0.0837 e. The highest BCUT2D eigenvalue weighted by molar-refractivity contribution is 14.1. The van der Waals surface area contributed by atoms with Gasteiger partial charge in [0, 0.05) is 10.5 Å². The molecule has 0 aliphatic heterocycles. The maximum absolute atomic E-state index is 9.24. The second-order valence-corrected chi connectivity index (χ2v) is 3.32. The van der Waals surface area contributed by atoms with Crippen molar-refractivity contribution in [1.82, 2.24) is 0 Å². The van der Waals surface area contributed by atoms with Crippen LogP contribution in [0.4, 0.5) is 0 Å². The van der Waals surface area contributed by atoms with Gasteiger partial charge in [-0.2, -0.15) is 0 Å². The van der Waals surface area contributed by atoms with E-state index in [1.807, 2.05) is 19.9 Å². The molecule has 0 aromatic rings. The van der Waals surface area contributed by atoms with Crippen molar-refractivity contribution in [1.29, 1.82) is 0 Å². The zero-order valence-corrected chi connectivity index (χ0v) is 8.50. The molecule has 2 atom stereocenters. The van der Waals surface area contributed by atoms with E-state index in [4.69, 9.17) is 5.73 Å². The van der Waals surface area contributed by atoms with Crippen LogP contribution in [0.2, 0.25) is 0 Å². The van der Waals surface area contributed by atoms with Crippen molar-refractivity contribution in [3.05, 3.63) is 11.6 Å². The van der Waals surface area contributed by atoms with Crippen LogP contribution in [-0.2, 0) is 0 Å². The van der Waals surface area contributed by atoms with Crippen molar-refractivity contribution < 1.29 is 5.11 Å². The molecule has 0 bridgehead atoms. The fourth-order valence-corrected chi connectivity index (χ4v) is 1.34. The molecule has 60 valence electrons. The first-order valence-corrected chi connectivity index (χ1v) is 4.78. The van der Waals surface area contributed by atoms with E-state index in [9.17, 15) is 5.11 Å². The molecule has 0 spiro atoms. The highest BCUT2D eigenvalue weighted by Crippen LogP contribution is 2.04. The normalized spacial score (nSPS) is 18.7. The van der Waals surface area contributed by atoms with Crippen LogP contribution in [0.5, 0.6) is 0 Å². The first kappa shape index (κ1) is 10.4. The Morgan fingerprint density at radius 2 is 2.30 bits per heavy atom. The summed E-state index contributed by atoms with van der Waals surface area (Å²) in [7, 11) is 0. The van der Waals surface area contributed by atoms with Crippen LogP contribution >= 0.6 is 22.6 Å². The number of nitrogens with two attached hydrogens (primary N) is 1. The maximum atomic E-state index is 9.24. The zero-order valence-electron chi connectivity index (χ0n) is 6.34. The molecule has 0 saturated heterocycles. The topological polar surface area (TPSA) is 46.2 Å². The fourth-order valence-electron chi connectivity index (χ4n) is 0.647. The molecule has 3 N–H and O–H groups in total. The van der Waals surface area contributed by atoms with Crippen LogP contribution in [-0.4, -0.2) is 21.7 Å². The molecule has 0 rings (SSSR count). The summed E-state index contributed by atoms with van der Waals surface area (Å²) in [6.45, 7) is 3.79. The molecular formula is C7H14INO. The lowest BCUT2D eigenvalue weighted by atomic mass is 10.1. The van der Waals surface area contributed by atoms with Gasteiger partial charge >= 0.3 is 0 Å². The Balaban J connectivity index is 3.91. The predicted molar refractivity (Wildman–Crippen MR) is 52.3 cm³/mol. The van der Waals surface area contributed by atoms with Crippen LogP contribution in [0, 0.1) is 0 Å². The van der Waals surface area contributed by atoms with Crippen LogP contribution in [0.25, 0.3) is 0 Å². The van der Waals surface area contributed by atoms with E-state index in [1.54, 1.807) is 0 Å². The van der Waals surface area contributed by atoms with E-state index in [-0.39, 0.29) is 12.1 Å². The number of aliphatic hydroxyl groups is 1. The standard InChI is InChI=1S/C7H14INO/c1-5(3-6(2)9)7(10)4-8/h3,6-7,10H,4,9H2,1-2H3/b5-3-. The van der Waals surface area contributed by atoms with Gasteiger partial charge in [-0.05, 0) is 19.4 Å².